The van der Waals surface area contributed by atoms with Gasteiger partial charge in [-0.3, -0.25) is 9.59 Å². The fourth-order valence-corrected chi connectivity index (χ4v) is 1.80. The molecule has 0 saturated heterocycles. The van der Waals surface area contributed by atoms with Crippen LogP contribution in [0.3, 0.4) is 0 Å². The van der Waals surface area contributed by atoms with Crippen molar-refractivity contribution in [2.75, 3.05) is 6.61 Å². The minimum absolute atomic E-state index is 0.142. The lowest BCUT2D eigenvalue weighted by atomic mass is 9.93. The van der Waals surface area contributed by atoms with Crippen molar-refractivity contribution in [3.05, 3.63) is 35.9 Å². The van der Waals surface area contributed by atoms with E-state index in [1.807, 2.05) is 26.8 Å². The molecule has 1 unspecified atom stereocenters. The topological polar surface area (TPSA) is 43.4 Å². The van der Waals surface area contributed by atoms with E-state index in [0.717, 1.165) is 6.42 Å². The molecule has 1 aromatic rings. The molecule has 1 rings (SSSR count). The van der Waals surface area contributed by atoms with Crippen molar-refractivity contribution in [3.8, 4) is 0 Å². The highest BCUT2D eigenvalue weighted by molar-refractivity contribution is 6.08. The monoisotopic (exact) mass is 262 g/mol. The Hall–Kier alpha value is -1.64. The van der Waals surface area contributed by atoms with E-state index in [0.29, 0.717) is 18.6 Å². The van der Waals surface area contributed by atoms with Crippen molar-refractivity contribution in [3.63, 3.8) is 0 Å². The van der Waals surface area contributed by atoms with Crippen LogP contribution in [-0.4, -0.2) is 18.4 Å². The van der Waals surface area contributed by atoms with Crippen molar-refractivity contribution in [2.24, 2.45) is 11.8 Å². The zero-order valence-electron chi connectivity index (χ0n) is 11.9. The summed E-state index contributed by atoms with van der Waals surface area (Å²) in [4.78, 5) is 24.3. The third-order valence-electron chi connectivity index (χ3n) is 2.80. The van der Waals surface area contributed by atoms with E-state index in [4.69, 9.17) is 4.74 Å². The van der Waals surface area contributed by atoms with E-state index in [1.165, 1.54) is 0 Å². The number of ketones is 1. The first-order chi connectivity index (χ1) is 9.06. The molecule has 0 saturated carbocycles. The maximum Gasteiger partial charge on any atom is 0.316 e. The van der Waals surface area contributed by atoms with Crippen LogP contribution < -0.4 is 0 Å². The van der Waals surface area contributed by atoms with Gasteiger partial charge in [-0.15, -0.1) is 0 Å². The van der Waals surface area contributed by atoms with Crippen molar-refractivity contribution in [1.82, 2.24) is 0 Å². The molecule has 1 aromatic carbocycles. The van der Waals surface area contributed by atoms with E-state index in [9.17, 15) is 9.59 Å². The molecule has 3 heteroatoms. The second-order valence-corrected chi connectivity index (χ2v) is 5.10. The number of Topliss-reactive ketones (excluding diaryl/α,β-unsaturated/α-hetero) is 1. The van der Waals surface area contributed by atoms with Crippen LogP contribution in [0.5, 0.6) is 0 Å². The van der Waals surface area contributed by atoms with Gasteiger partial charge < -0.3 is 4.74 Å². The molecule has 0 aliphatic heterocycles. The SMILES string of the molecule is CCCC(C(=O)OCC(C)C)C(=O)c1ccccc1. The number of ether oxygens (including phenoxy) is 1. The summed E-state index contributed by atoms with van der Waals surface area (Å²) in [6.45, 7) is 6.27. The van der Waals surface area contributed by atoms with Gasteiger partial charge in [0.1, 0.15) is 5.92 Å². The largest absolute Gasteiger partial charge is 0.465 e. The van der Waals surface area contributed by atoms with Crippen LogP contribution in [0.4, 0.5) is 0 Å². The van der Waals surface area contributed by atoms with Crippen LogP contribution in [0.25, 0.3) is 0 Å². The first-order valence-corrected chi connectivity index (χ1v) is 6.82. The zero-order valence-corrected chi connectivity index (χ0v) is 11.9. The summed E-state index contributed by atoms with van der Waals surface area (Å²) in [5, 5.41) is 0. The van der Waals surface area contributed by atoms with Gasteiger partial charge in [0.2, 0.25) is 0 Å². The molecule has 19 heavy (non-hydrogen) atoms. The van der Waals surface area contributed by atoms with Crippen LogP contribution in [0.2, 0.25) is 0 Å². The molecule has 1 atom stereocenters. The first kappa shape index (κ1) is 15.4. The van der Waals surface area contributed by atoms with E-state index in [2.05, 4.69) is 0 Å². The maximum atomic E-state index is 12.3. The summed E-state index contributed by atoms with van der Waals surface area (Å²) in [6.07, 6.45) is 1.31. The molecule has 0 bridgehead atoms. The Kier molecular flexibility index (Phi) is 6.26. The van der Waals surface area contributed by atoms with Crippen molar-refractivity contribution < 1.29 is 14.3 Å². The predicted molar refractivity (Wildman–Crippen MR) is 75.0 cm³/mol. The van der Waals surface area contributed by atoms with E-state index in [-0.39, 0.29) is 11.7 Å². The van der Waals surface area contributed by atoms with Gasteiger partial charge in [0.05, 0.1) is 6.61 Å². The van der Waals surface area contributed by atoms with E-state index in [1.54, 1.807) is 24.3 Å². The molecule has 0 amide bonds. The van der Waals surface area contributed by atoms with E-state index >= 15 is 0 Å². The number of benzene rings is 1. The van der Waals surface area contributed by atoms with E-state index < -0.39 is 11.9 Å². The van der Waals surface area contributed by atoms with Crippen molar-refractivity contribution in [2.45, 2.75) is 33.6 Å². The number of rotatable bonds is 7. The third-order valence-corrected chi connectivity index (χ3v) is 2.80. The molecule has 0 N–H and O–H groups in total. The highest BCUT2D eigenvalue weighted by atomic mass is 16.5. The van der Waals surface area contributed by atoms with Gasteiger partial charge in [0.25, 0.3) is 0 Å². The molecule has 3 nitrogen and oxygen atoms in total. The third kappa shape index (κ3) is 4.86. The maximum absolute atomic E-state index is 12.3. The lowest BCUT2D eigenvalue weighted by molar-refractivity contribution is -0.148. The Morgan fingerprint density at radius 2 is 1.79 bits per heavy atom. The molecule has 0 fully saturated rings. The molecule has 104 valence electrons. The van der Waals surface area contributed by atoms with Gasteiger partial charge in [-0.05, 0) is 12.3 Å². The van der Waals surface area contributed by atoms with Crippen LogP contribution in [0.15, 0.2) is 30.3 Å². The smallest absolute Gasteiger partial charge is 0.316 e. The lowest BCUT2D eigenvalue weighted by Gasteiger charge is -2.15. The summed E-state index contributed by atoms with van der Waals surface area (Å²) >= 11 is 0. The first-order valence-electron chi connectivity index (χ1n) is 6.82. The Balaban J connectivity index is 2.76. The highest BCUT2D eigenvalue weighted by Crippen LogP contribution is 2.16. The summed E-state index contributed by atoms with van der Waals surface area (Å²) in [6, 6.07) is 8.93. The summed E-state index contributed by atoms with van der Waals surface area (Å²) in [5.74, 6) is -0.940. The number of carbonyl (C=O) groups excluding carboxylic acids is 2. The van der Waals surface area contributed by atoms with Crippen LogP contribution >= 0.6 is 0 Å². The van der Waals surface area contributed by atoms with Crippen LogP contribution in [-0.2, 0) is 9.53 Å². The number of carbonyl (C=O) groups is 2. The summed E-state index contributed by atoms with van der Waals surface area (Å²) < 4.78 is 5.20. The Morgan fingerprint density at radius 3 is 2.32 bits per heavy atom. The summed E-state index contributed by atoms with van der Waals surface area (Å²) in [7, 11) is 0. The minimum atomic E-state index is -0.675. The van der Waals surface area contributed by atoms with Crippen molar-refractivity contribution >= 4 is 11.8 Å². The van der Waals surface area contributed by atoms with Crippen LogP contribution in [0.1, 0.15) is 44.0 Å². The fraction of sp³-hybridized carbons (Fsp3) is 0.500. The second-order valence-electron chi connectivity index (χ2n) is 5.10. The Labute approximate surface area is 115 Å². The van der Waals surface area contributed by atoms with Gasteiger partial charge in [-0.1, -0.05) is 57.5 Å². The fourth-order valence-electron chi connectivity index (χ4n) is 1.80. The average Bonchev–Trinajstić information content (AvgIpc) is 2.42. The lowest BCUT2D eigenvalue weighted by Crippen LogP contribution is -2.27. The standard InChI is InChI=1S/C16H22O3/c1-4-8-14(16(18)19-11-12(2)3)15(17)13-9-6-5-7-10-13/h5-7,9-10,12,14H,4,8,11H2,1-3H3. The zero-order chi connectivity index (χ0) is 14.3. The van der Waals surface area contributed by atoms with Gasteiger partial charge in [-0.2, -0.15) is 0 Å². The summed E-state index contributed by atoms with van der Waals surface area (Å²) in [5.41, 5.74) is 0.572. The van der Waals surface area contributed by atoms with Gasteiger partial charge in [0.15, 0.2) is 5.78 Å². The minimum Gasteiger partial charge on any atom is -0.465 e. The number of hydrogen-bond donors (Lipinski definition) is 0. The Bertz CT molecular complexity index is 409. The van der Waals surface area contributed by atoms with Crippen molar-refractivity contribution in [1.29, 1.82) is 0 Å². The molecule has 0 aliphatic rings. The van der Waals surface area contributed by atoms with Gasteiger partial charge in [-0.25, -0.2) is 0 Å². The second kappa shape index (κ2) is 7.72. The molecule has 0 aromatic heterocycles. The van der Waals surface area contributed by atoms with Gasteiger partial charge >= 0.3 is 5.97 Å². The molecule has 0 heterocycles. The normalized spacial score (nSPS) is 12.2. The molecule has 0 spiro atoms. The molecule has 0 radical (unpaired) electrons. The quantitative estimate of drug-likeness (QED) is 0.429. The number of hydrogen-bond acceptors (Lipinski definition) is 3. The molecular weight excluding hydrogens is 240 g/mol. The predicted octanol–water partition coefficient (Wildman–Crippen LogP) is 3.48. The average molecular weight is 262 g/mol. The highest BCUT2D eigenvalue weighted by Gasteiger charge is 2.28. The molecule has 0 aliphatic carbocycles. The molecular formula is C16H22O3. The number of esters is 1. The Morgan fingerprint density at radius 1 is 1.16 bits per heavy atom. The van der Waals surface area contributed by atoms with Gasteiger partial charge in [0, 0.05) is 5.56 Å². The van der Waals surface area contributed by atoms with Crippen LogP contribution in [0, 0.1) is 11.8 Å².